The molecular weight excluding hydrogens is 280 g/mol. The summed E-state index contributed by atoms with van der Waals surface area (Å²) in [4.78, 5) is 18.9. The fraction of sp³-hybridized carbons (Fsp3) is 0.312. The molecule has 0 aliphatic heterocycles. The summed E-state index contributed by atoms with van der Waals surface area (Å²) in [6.07, 6.45) is 3.38. The van der Waals surface area contributed by atoms with Crippen molar-refractivity contribution in [2.75, 3.05) is 7.11 Å². The summed E-state index contributed by atoms with van der Waals surface area (Å²) < 4.78 is 7.31. The van der Waals surface area contributed by atoms with Gasteiger partial charge in [-0.15, -0.1) is 0 Å². The van der Waals surface area contributed by atoms with Gasteiger partial charge in [-0.25, -0.2) is 4.98 Å². The van der Waals surface area contributed by atoms with Crippen molar-refractivity contribution in [1.29, 1.82) is 0 Å². The lowest BCUT2D eigenvalue weighted by atomic mass is 10.0. The number of rotatable bonds is 3. The highest BCUT2D eigenvalue weighted by Gasteiger charge is 2.14. The lowest BCUT2D eigenvalue weighted by molar-refractivity contribution is 0.419. The van der Waals surface area contributed by atoms with Gasteiger partial charge in [-0.2, -0.15) is 5.10 Å². The number of aryl methyl sites for hydroxylation is 1. The number of benzene rings is 1. The van der Waals surface area contributed by atoms with E-state index in [2.05, 4.69) is 28.9 Å². The van der Waals surface area contributed by atoms with Crippen LogP contribution in [-0.2, 0) is 0 Å². The summed E-state index contributed by atoms with van der Waals surface area (Å²) in [6.45, 7) is 6.11. The number of methoxy groups -OCH3 is 1. The summed E-state index contributed by atoms with van der Waals surface area (Å²) in [5, 5.41) is 5.03. The van der Waals surface area contributed by atoms with Crippen LogP contribution in [-0.4, -0.2) is 26.9 Å². The van der Waals surface area contributed by atoms with Crippen LogP contribution in [0.4, 0.5) is 0 Å². The second-order valence-electron chi connectivity index (χ2n) is 5.51. The predicted octanol–water partition coefficient (Wildman–Crippen LogP) is 2.68. The summed E-state index contributed by atoms with van der Waals surface area (Å²) in [6, 6.07) is 4.00. The molecule has 3 aromatic rings. The van der Waals surface area contributed by atoms with E-state index in [-0.39, 0.29) is 11.6 Å². The van der Waals surface area contributed by atoms with Gasteiger partial charge in [-0.05, 0) is 38.5 Å². The van der Waals surface area contributed by atoms with E-state index >= 15 is 0 Å². The molecule has 0 saturated heterocycles. The van der Waals surface area contributed by atoms with Crippen molar-refractivity contribution in [2.45, 2.75) is 26.8 Å². The van der Waals surface area contributed by atoms with Crippen LogP contribution in [0.15, 0.2) is 29.5 Å². The molecule has 0 aliphatic carbocycles. The van der Waals surface area contributed by atoms with E-state index in [1.54, 1.807) is 7.11 Å². The molecule has 2 aromatic heterocycles. The zero-order valence-electron chi connectivity index (χ0n) is 13.0. The third-order valence-corrected chi connectivity index (χ3v) is 3.69. The number of H-pyrrole nitrogens is 1. The molecule has 0 spiro atoms. The van der Waals surface area contributed by atoms with Gasteiger partial charge in [0.25, 0.3) is 5.56 Å². The first-order chi connectivity index (χ1) is 10.5. The quantitative estimate of drug-likeness (QED) is 0.807. The Bertz CT molecular complexity index is 893. The maximum Gasteiger partial charge on any atom is 0.258 e. The number of ether oxygens (including phenoxy) is 1. The van der Waals surface area contributed by atoms with Gasteiger partial charge in [0.15, 0.2) is 0 Å². The number of aromatic nitrogens is 4. The van der Waals surface area contributed by atoms with Crippen molar-refractivity contribution in [1.82, 2.24) is 19.7 Å². The molecule has 0 fully saturated rings. The van der Waals surface area contributed by atoms with E-state index in [4.69, 9.17) is 4.74 Å². The molecule has 0 atom stereocenters. The second-order valence-corrected chi connectivity index (χ2v) is 5.51. The average molecular weight is 298 g/mol. The maximum atomic E-state index is 12.1. The van der Waals surface area contributed by atoms with Crippen LogP contribution in [0.3, 0.4) is 0 Å². The molecule has 6 heteroatoms. The van der Waals surface area contributed by atoms with E-state index in [0.29, 0.717) is 16.7 Å². The third-order valence-electron chi connectivity index (χ3n) is 3.69. The first-order valence-electron chi connectivity index (χ1n) is 7.13. The van der Waals surface area contributed by atoms with Gasteiger partial charge in [0.2, 0.25) is 0 Å². The van der Waals surface area contributed by atoms with Gasteiger partial charge < -0.3 is 9.72 Å². The van der Waals surface area contributed by atoms with Gasteiger partial charge in [-0.1, -0.05) is 0 Å². The second kappa shape index (κ2) is 5.29. The summed E-state index contributed by atoms with van der Waals surface area (Å²) in [5.74, 6) is 0.579. The normalized spacial score (nSPS) is 11.3. The molecule has 1 aromatic carbocycles. The van der Waals surface area contributed by atoms with Crippen LogP contribution in [0.25, 0.3) is 22.0 Å². The van der Waals surface area contributed by atoms with Gasteiger partial charge in [0, 0.05) is 17.8 Å². The minimum absolute atomic E-state index is 0.181. The fourth-order valence-electron chi connectivity index (χ4n) is 2.49. The standard InChI is InChI=1S/C16H18N4O2/c1-9(2)20-7-13(10(3)19-20)11-5-12-15(14(6-11)22-4)17-8-18-16(12)21/h5-9H,1-4H3,(H,17,18,21). The molecule has 3 rings (SSSR count). The lowest BCUT2D eigenvalue weighted by Crippen LogP contribution is -2.07. The molecule has 1 N–H and O–H groups in total. The van der Waals surface area contributed by atoms with E-state index in [1.165, 1.54) is 6.33 Å². The SMILES string of the molecule is COc1cc(-c2cn(C(C)C)nc2C)cc2c(=O)[nH]cnc12. The van der Waals surface area contributed by atoms with Gasteiger partial charge in [0.05, 0.1) is 24.5 Å². The number of hydrogen-bond acceptors (Lipinski definition) is 4. The number of aromatic amines is 1. The van der Waals surface area contributed by atoms with Crippen molar-refractivity contribution >= 4 is 10.9 Å². The molecule has 0 aliphatic rings. The Morgan fingerprint density at radius 1 is 1.32 bits per heavy atom. The Balaban J connectivity index is 2.28. The predicted molar refractivity (Wildman–Crippen MR) is 85.3 cm³/mol. The molecule has 114 valence electrons. The van der Waals surface area contributed by atoms with E-state index in [0.717, 1.165) is 16.8 Å². The van der Waals surface area contributed by atoms with E-state index in [1.807, 2.05) is 29.9 Å². The first kappa shape index (κ1) is 14.3. The molecule has 0 saturated carbocycles. The Labute approximate surface area is 127 Å². The van der Waals surface area contributed by atoms with Gasteiger partial charge in [-0.3, -0.25) is 9.48 Å². The van der Waals surface area contributed by atoms with Crippen LogP contribution in [0.5, 0.6) is 5.75 Å². The highest BCUT2D eigenvalue weighted by molar-refractivity contribution is 5.89. The molecule has 0 unspecified atom stereocenters. The molecule has 0 bridgehead atoms. The monoisotopic (exact) mass is 298 g/mol. The number of nitrogens with one attached hydrogen (secondary N) is 1. The Kier molecular flexibility index (Phi) is 3.44. The van der Waals surface area contributed by atoms with Crippen molar-refractivity contribution in [3.05, 3.63) is 40.7 Å². The van der Waals surface area contributed by atoms with Crippen LogP contribution in [0, 0.1) is 6.92 Å². The molecular formula is C16H18N4O2. The molecule has 6 nitrogen and oxygen atoms in total. The fourth-order valence-corrected chi connectivity index (χ4v) is 2.49. The Morgan fingerprint density at radius 2 is 2.09 bits per heavy atom. The van der Waals surface area contributed by atoms with Crippen molar-refractivity contribution < 1.29 is 4.74 Å². The van der Waals surface area contributed by atoms with E-state index < -0.39 is 0 Å². The third kappa shape index (κ3) is 2.26. The Morgan fingerprint density at radius 3 is 2.73 bits per heavy atom. The minimum Gasteiger partial charge on any atom is -0.494 e. The largest absolute Gasteiger partial charge is 0.494 e. The Hall–Kier alpha value is -2.63. The van der Waals surface area contributed by atoms with Crippen molar-refractivity contribution in [3.63, 3.8) is 0 Å². The average Bonchev–Trinajstić information content (AvgIpc) is 2.89. The van der Waals surface area contributed by atoms with Crippen molar-refractivity contribution in [2.24, 2.45) is 0 Å². The van der Waals surface area contributed by atoms with Gasteiger partial charge in [0.1, 0.15) is 11.3 Å². The number of nitrogens with zero attached hydrogens (tertiary/aromatic N) is 3. The molecule has 0 amide bonds. The van der Waals surface area contributed by atoms with Crippen LogP contribution >= 0.6 is 0 Å². The first-order valence-corrected chi connectivity index (χ1v) is 7.13. The zero-order chi connectivity index (χ0) is 15.9. The number of fused-ring (bicyclic) bond motifs is 1. The molecule has 2 heterocycles. The van der Waals surface area contributed by atoms with Crippen molar-refractivity contribution in [3.8, 4) is 16.9 Å². The summed E-state index contributed by atoms with van der Waals surface area (Å²) in [7, 11) is 1.58. The highest BCUT2D eigenvalue weighted by atomic mass is 16.5. The summed E-state index contributed by atoms with van der Waals surface area (Å²) in [5.41, 5.74) is 3.17. The smallest absolute Gasteiger partial charge is 0.258 e. The zero-order valence-corrected chi connectivity index (χ0v) is 13.0. The molecule has 22 heavy (non-hydrogen) atoms. The molecule has 0 radical (unpaired) electrons. The maximum absolute atomic E-state index is 12.1. The van der Waals surface area contributed by atoms with Crippen LogP contribution < -0.4 is 10.3 Å². The lowest BCUT2D eigenvalue weighted by Gasteiger charge is -2.07. The van der Waals surface area contributed by atoms with Crippen LogP contribution in [0.2, 0.25) is 0 Å². The topological polar surface area (TPSA) is 72.8 Å². The minimum atomic E-state index is -0.181. The van der Waals surface area contributed by atoms with E-state index in [9.17, 15) is 4.79 Å². The highest BCUT2D eigenvalue weighted by Crippen LogP contribution is 2.31. The van der Waals surface area contributed by atoms with Gasteiger partial charge >= 0.3 is 0 Å². The number of hydrogen-bond donors (Lipinski definition) is 1. The summed E-state index contributed by atoms with van der Waals surface area (Å²) >= 11 is 0. The van der Waals surface area contributed by atoms with Crippen LogP contribution in [0.1, 0.15) is 25.6 Å².